The second-order valence-corrected chi connectivity index (χ2v) is 4.19. The molecular formula is C13H17N2O. The third kappa shape index (κ3) is 2.61. The summed E-state index contributed by atoms with van der Waals surface area (Å²) in [6.07, 6.45) is 3.97. The highest BCUT2D eigenvalue weighted by molar-refractivity contribution is 5.80. The van der Waals surface area contributed by atoms with Crippen molar-refractivity contribution in [3.63, 3.8) is 0 Å². The van der Waals surface area contributed by atoms with Crippen molar-refractivity contribution in [3.05, 3.63) is 42.3 Å². The van der Waals surface area contributed by atoms with E-state index in [4.69, 9.17) is 5.73 Å². The lowest BCUT2D eigenvalue weighted by Crippen LogP contribution is -2.47. The number of hydrogen-bond acceptors (Lipinski definition) is 2. The van der Waals surface area contributed by atoms with Crippen LogP contribution in [-0.2, 0) is 11.3 Å². The maximum absolute atomic E-state index is 11.3. The number of piperidine rings is 1. The van der Waals surface area contributed by atoms with Gasteiger partial charge in [0.2, 0.25) is 5.91 Å². The molecule has 1 aliphatic rings. The minimum absolute atomic E-state index is 0.131. The molecule has 2 rings (SSSR count). The van der Waals surface area contributed by atoms with Gasteiger partial charge < -0.3 is 5.73 Å². The van der Waals surface area contributed by atoms with Crippen molar-refractivity contribution < 1.29 is 4.79 Å². The van der Waals surface area contributed by atoms with Gasteiger partial charge in [-0.2, -0.15) is 0 Å². The molecule has 0 saturated carbocycles. The Labute approximate surface area is 96.2 Å². The van der Waals surface area contributed by atoms with Gasteiger partial charge in [-0.25, -0.2) is 0 Å². The van der Waals surface area contributed by atoms with Crippen LogP contribution in [0, 0.1) is 6.42 Å². The molecule has 0 aliphatic carbocycles. The van der Waals surface area contributed by atoms with Crippen molar-refractivity contribution >= 4 is 5.91 Å². The number of nitrogens with two attached hydrogens (primary N) is 1. The number of amides is 1. The van der Waals surface area contributed by atoms with Crippen LogP contribution in [0.15, 0.2) is 30.3 Å². The highest BCUT2D eigenvalue weighted by atomic mass is 16.1. The molecule has 85 valence electrons. The zero-order chi connectivity index (χ0) is 11.4. The van der Waals surface area contributed by atoms with E-state index >= 15 is 0 Å². The molecule has 1 fully saturated rings. The molecule has 1 heterocycles. The minimum Gasteiger partial charge on any atom is -0.368 e. The van der Waals surface area contributed by atoms with E-state index < -0.39 is 0 Å². The summed E-state index contributed by atoms with van der Waals surface area (Å²) in [5, 5.41) is 0. The molecule has 0 bridgehead atoms. The fourth-order valence-corrected chi connectivity index (χ4v) is 2.14. The van der Waals surface area contributed by atoms with Gasteiger partial charge in [0.1, 0.15) is 0 Å². The van der Waals surface area contributed by atoms with E-state index in [1.807, 2.05) is 18.2 Å². The Morgan fingerprint density at radius 1 is 1.38 bits per heavy atom. The Balaban J connectivity index is 2.04. The molecule has 3 nitrogen and oxygen atoms in total. The van der Waals surface area contributed by atoms with Crippen LogP contribution in [0.4, 0.5) is 0 Å². The van der Waals surface area contributed by atoms with E-state index in [2.05, 4.69) is 23.5 Å². The lowest BCUT2D eigenvalue weighted by molar-refractivity contribution is -0.124. The first kappa shape index (κ1) is 11.1. The van der Waals surface area contributed by atoms with Gasteiger partial charge in [0, 0.05) is 6.54 Å². The predicted octanol–water partition coefficient (Wildman–Crippen LogP) is 1.34. The van der Waals surface area contributed by atoms with Crippen molar-refractivity contribution in [2.75, 3.05) is 6.54 Å². The fraction of sp³-hybridized carbons (Fsp3) is 0.385. The van der Waals surface area contributed by atoms with Gasteiger partial charge in [0.15, 0.2) is 0 Å². The number of likely N-dealkylation sites (tertiary alicyclic amines) is 1. The van der Waals surface area contributed by atoms with Crippen LogP contribution in [0.3, 0.4) is 0 Å². The summed E-state index contributed by atoms with van der Waals surface area (Å²) in [6, 6.07) is 10.1. The lowest BCUT2D eigenvalue weighted by atomic mass is 10.0. The zero-order valence-electron chi connectivity index (χ0n) is 9.30. The zero-order valence-corrected chi connectivity index (χ0v) is 9.30. The van der Waals surface area contributed by atoms with E-state index in [9.17, 15) is 4.79 Å². The predicted molar refractivity (Wildman–Crippen MR) is 63.4 cm³/mol. The first-order valence-corrected chi connectivity index (χ1v) is 5.66. The van der Waals surface area contributed by atoms with Gasteiger partial charge >= 0.3 is 0 Å². The molecule has 1 saturated heterocycles. The van der Waals surface area contributed by atoms with Gasteiger partial charge in [-0.15, -0.1) is 0 Å². The van der Waals surface area contributed by atoms with Crippen LogP contribution in [0.2, 0.25) is 0 Å². The molecule has 16 heavy (non-hydrogen) atoms. The van der Waals surface area contributed by atoms with Crippen molar-refractivity contribution in [2.45, 2.75) is 25.4 Å². The van der Waals surface area contributed by atoms with Gasteiger partial charge in [-0.05, 0) is 31.4 Å². The van der Waals surface area contributed by atoms with Crippen LogP contribution < -0.4 is 5.73 Å². The Kier molecular flexibility index (Phi) is 3.57. The molecule has 1 radical (unpaired) electrons. The lowest BCUT2D eigenvalue weighted by Gasteiger charge is -2.33. The SMILES string of the molecule is NC(=O)C1C[CH]CCN1Cc1ccccc1. The van der Waals surface area contributed by atoms with E-state index in [-0.39, 0.29) is 11.9 Å². The summed E-state index contributed by atoms with van der Waals surface area (Å²) in [5.74, 6) is -0.216. The smallest absolute Gasteiger partial charge is 0.234 e. The van der Waals surface area contributed by atoms with E-state index in [1.165, 1.54) is 5.56 Å². The molecular weight excluding hydrogens is 200 g/mol. The third-order valence-electron chi connectivity index (χ3n) is 3.01. The molecule has 1 atom stereocenters. The average molecular weight is 217 g/mol. The van der Waals surface area contributed by atoms with Crippen molar-refractivity contribution in [1.29, 1.82) is 0 Å². The van der Waals surface area contributed by atoms with Crippen LogP contribution >= 0.6 is 0 Å². The number of carbonyl (C=O) groups excluding carboxylic acids is 1. The van der Waals surface area contributed by atoms with Crippen LogP contribution in [0.1, 0.15) is 18.4 Å². The molecule has 1 amide bonds. The third-order valence-corrected chi connectivity index (χ3v) is 3.01. The number of carbonyl (C=O) groups is 1. The Morgan fingerprint density at radius 3 is 2.81 bits per heavy atom. The summed E-state index contributed by atoms with van der Waals surface area (Å²) < 4.78 is 0. The van der Waals surface area contributed by atoms with Gasteiger partial charge in [0.05, 0.1) is 6.04 Å². The van der Waals surface area contributed by atoms with E-state index in [0.29, 0.717) is 0 Å². The molecule has 3 heteroatoms. The van der Waals surface area contributed by atoms with E-state index in [1.54, 1.807) is 0 Å². The largest absolute Gasteiger partial charge is 0.368 e. The standard InChI is InChI=1S/C13H17N2O/c14-13(16)12-8-4-5-9-15(12)10-11-6-2-1-3-7-11/h1-4,6-7,12H,5,8-10H2,(H2,14,16). The monoisotopic (exact) mass is 217 g/mol. The van der Waals surface area contributed by atoms with Crippen LogP contribution in [0.25, 0.3) is 0 Å². The summed E-state index contributed by atoms with van der Waals surface area (Å²) in [7, 11) is 0. The molecule has 2 N–H and O–H groups in total. The summed E-state index contributed by atoms with van der Waals surface area (Å²) in [4.78, 5) is 13.5. The Bertz CT molecular complexity index is 350. The van der Waals surface area contributed by atoms with E-state index in [0.717, 1.165) is 25.9 Å². The number of benzene rings is 1. The highest BCUT2D eigenvalue weighted by Crippen LogP contribution is 2.18. The summed E-state index contributed by atoms with van der Waals surface area (Å²) >= 11 is 0. The first-order chi connectivity index (χ1) is 7.77. The van der Waals surface area contributed by atoms with Gasteiger partial charge in [-0.3, -0.25) is 9.69 Å². The van der Waals surface area contributed by atoms with Crippen molar-refractivity contribution in [3.8, 4) is 0 Å². The highest BCUT2D eigenvalue weighted by Gasteiger charge is 2.26. The summed E-state index contributed by atoms with van der Waals surface area (Å²) in [5.41, 5.74) is 6.64. The second-order valence-electron chi connectivity index (χ2n) is 4.19. The average Bonchev–Trinajstić information content (AvgIpc) is 2.31. The van der Waals surface area contributed by atoms with Gasteiger partial charge in [-0.1, -0.05) is 30.3 Å². The van der Waals surface area contributed by atoms with Crippen LogP contribution in [0.5, 0.6) is 0 Å². The fourth-order valence-electron chi connectivity index (χ4n) is 2.14. The number of nitrogens with zero attached hydrogens (tertiary/aromatic N) is 1. The number of rotatable bonds is 3. The molecule has 0 aromatic heterocycles. The minimum atomic E-state index is -0.216. The number of primary amides is 1. The molecule has 1 aromatic carbocycles. The first-order valence-electron chi connectivity index (χ1n) is 5.66. The van der Waals surface area contributed by atoms with Gasteiger partial charge in [0.25, 0.3) is 0 Å². The quantitative estimate of drug-likeness (QED) is 0.830. The molecule has 1 aliphatic heterocycles. The van der Waals surface area contributed by atoms with Crippen molar-refractivity contribution in [1.82, 2.24) is 4.90 Å². The normalized spacial score (nSPS) is 21.9. The second kappa shape index (κ2) is 5.12. The Morgan fingerprint density at radius 2 is 2.12 bits per heavy atom. The summed E-state index contributed by atoms with van der Waals surface area (Å²) in [6.45, 7) is 1.73. The topological polar surface area (TPSA) is 46.3 Å². The molecule has 1 unspecified atom stereocenters. The maximum atomic E-state index is 11.3. The molecule has 0 spiro atoms. The maximum Gasteiger partial charge on any atom is 0.234 e. The number of hydrogen-bond donors (Lipinski definition) is 1. The Hall–Kier alpha value is -1.35. The van der Waals surface area contributed by atoms with Crippen LogP contribution in [-0.4, -0.2) is 23.4 Å². The van der Waals surface area contributed by atoms with Crippen molar-refractivity contribution in [2.24, 2.45) is 5.73 Å². The molecule has 1 aromatic rings.